The molecule has 5 rings (SSSR count). The second-order valence-electron chi connectivity index (χ2n) is 8.08. The van der Waals surface area contributed by atoms with E-state index in [1.165, 1.54) is 21.1 Å². The molecule has 0 radical (unpaired) electrons. The predicted molar refractivity (Wildman–Crippen MR) is 126 cm³/mol. The second kappa shape index (κ2) is 9.47. The molecular formula is C23H24N6O5S. The van der Waals surface area contributed by atoms with E-state index in [9.17, 15) is 13.2 Å². The van der Waals surface area contributed by atoms with Crippen molar-refractivity contribution in [2.24, 2.45) is 0 Å². The van der Waals surface area contributed by atoms with Gasteiger partial charge in [-0.15, -0.1) is 5.10 Å². The lowest BCUT2D eigenvalue weighted by atomic mass is 10.1. The van der Waals surface area contributed by atoms with Crippen LogP contribution in [-0.2, 0) is 14.8 Å². The van der Waals surface area contributed by atoms with Crippen LogP contribution in [-0.4, -0.2) is 83.1 Å². The molecule has 2 aliphatic heterocycles. The molecule has 2 aliphatic rings. The number of hydrogen-bond acceptors (Lipinski definition) is 8. The molecule has 3 heterocycles. The number of aromatic nitrogens is 4. The Morgan fingerprint density at radius 2 is 1.69 bits per heavy atom. The van der Waals surface area contributed by atoms with Crippen LogP contribution in [0.3, 0.4) is 0 Å². The summed E-state index contributed by atoms with van der Waals surface area (Å²) in [4.78, 5) is 15.2. The Bertz CT molecular complexity index is 1360. The van der Waals surface area contributed by atoms with Crippen LogP contribution in [0.15, 0.2) is 53.4 Å². The molecule has 12 heteroatoms. The molecule has 1 saturated heterocycles. The van der Waals surface area contributed by atoms with Crippen LogP contribution in [0.5, 0.6) is 11.5 Å². The van der Waals surface area contributed by atoms with Crippen LogP contribution >= 0.6 is 0 Å². The van der Waals surface area contributed by atoms with Gasteiger partial charge in [-0.1, -0.05) is 30.3 Å². The summed E-state index contributed by atoms with van der Waals surface area (Å²) in [6, 6.07) is 14.0. The van der Waals surface area contributed by atoms with Crippen molar-refractivity contribution < 1.29 is 22.7 Å². The molecule has 1 fully saturated rings. The fourth-order valence-corrected chi connectivity index (χ4v) is 5.44. The lowest BCUT2D eigenvalue weighted by molar-refractivity contribution is -0.126. The summed E-state index contributed by atoms with van der Waals surface area (Å²) in [5, 5.41) is 11.5. The summed E-state index contributed by atoms with van der Waals surface area (Å²) in [7, 11) is -3.76. The standard InChI is InChI=1S/C23H24N6O5S/c1-17-24-25-26-29(17)20(15-18-5-3-2-4-6-18)23(30)27-9-11-28(12-10-27)35(31,32)19-7-8-21-22(16-19)34-14-13-33-21/h2-8,15-16H,9-14H2,1H3/b20-15-. The van der Waals surface area contributed by atoms with Gasteiger partial charge in [-0.2, -0.15) is 8.99 Å². The van der Waals surface area contributed by atoms with Crippen molar-refractivity contribution in [2.45, 2.75) is 11.8 Å². The van der Waals surface area contributed by atoms with Gasteiger partial charge in [0, 0.05) is 32.2 Å². The molecule has 11 nitrogen and oxygen atoms in total. The van der Waals surface area contributed by atoms with Gasteiger partial charge in [0.05, 0.1) is 4.90 Å². The zero-order chi connectivity index (χ0) is 24.4. The molecule has 3 aromatic rings. The second-order valence-corrected chi connectivity index (χ2v) is 10.0. The number of carbonyl (C=O) groups is 1. The van der Waals surface area contributed by atoms with Gasteiger partial charge in [-0.25, -0.2) is 8.42 Å². The zero-order valence-corrected chi connectivity index (χ0v) is 19.9. The SMILES string of the molecule is Cc1nnnn1/C(=C\c1ccccc1)C(=O)N1CCN(S(=O)(=O)c2ccc3c(c2)OCCO3)CC1. The maximum absolute atomic E-state index is 13.5. The number of aryl methyl sites for hydroxylation is 1. The van der Waals surface area contributed by atoms with E-state index in [1.54, 1.807) is 24.0 Å². The average Bonchev–Trinajstić information content (AvgIpc) is 3.32. The van der Waals surface area contributed by atoms with Gasteiger partial charge >= 0.3 is 0 Å². The number of rotatable bonds is 5. The van der Waals surface area contributed by atoms with E-state index in [-0.39, 0.29) is 37.0 Å². The number of tetrazole rings is 1. The van der Waals surface area contributed by atoms with Gasteiger partial charge in [-0.3, -0.25) is 4.79 Å². The largest absolute Gasteiger partial charge is 0.486 e. The topological polar surface area (TPSA) is 120 Å². The van der Waals surface area contributed by atoms with Crippen LogP contribution in [0.2, 0.25) is 0 Å². The highest BCUT2D eigenvalue weighted by Gasteiger charge is 2.32. The first kappa shape index (κ1) is 23.0. The summed E-state index contributed by atoms with van der Waals surface area (Å²) >= 11 is 0. The summed E-state index contributed by atoms with van der Waals surface area (Å²) in [5.74, 6) is 1.14. The summed E-state index contributed by atoms with van der Waals surface area (Å²) < 4.78 is 40.3. The molecule has 0 atom stereocenters. The van der Waals surface area contributed by atoms with Crippen LogP contribution in [0.4, 0.5) is 0 Å². The smallest absolute Gasteiger partial charge is 0.272 e. The maximum Gasteiger partial charge on any atom is 0.272 e. The minimum Gasteiger partial charge on any atom is -0.486 e. The van der Waals surface area contributed by atoms with Crippen LogP contribution in [0, 0.1) is 6.92 Å². The third-order valence-corrected chi connectivity index (χ3v) is 7.75. The number of benzene rings is 2. The van der Waals surface area contributed by atoms with Crippen molar-refractivity contribution in [2.75, 3.05) is 39.4 Å². The van der Waals surface area contributed by atoms with E-state index in [0.717, 1.165) is 5.56 Å². The molecule has 0 spiro atoms. The van der Waals surface area contributed by atoms with Crippen molar-refractivity contribution in [1.82, 2.24) is 29.4 Å². The fourth-order valence-electron chi connectivity index (χ4n) is 4.00. The molecule has 35 heavy (non-hydrogen) atoms. The Kier molecular flexibility index (Phi) is 6.22. The predicted octanol–water partition coefficient (Wildman–Crippen LogP) is 1.28. The van der Waals surface area contributed by atoms with Crippen LogP contribution in [0.1, 0.15) is 11.4 Å². The monoisotopic (exact) mass is 496 g/mol. The Hall–Kier alpha value is -3.77. The molecule has 0 bridgehead atoms. The van der Waals surface area contributed by atoms with E-state index in [2.05, 4.69) is 15.5 Å². The molecular weight excluding hydrogens is 472 g/mol. The normalized spacial score (nSPS) is 16.8. The molecule has 2 aromatic carbocycles. The molecule has 1 aromatic heterocycles. The third kappa shape index (κ3) is 4.62. The highest BCUT2D eigenvalue weighted by atomic mass is 32.2. The fraction of sp³-hybridized carbons (Fsp3) is 0.304. The maximum atomic E-state index is 13.5. The Morgan fingerprint density at radius 1 is 0.971 bits per heavy atom. The summed E-state index contributed by atoms with van der Waals surface area (Å²) in [6.07, 6.45) is 1.73. The summed E-state index contributed by atoms with van der Waals surface area (Å²) in [6.45, 7) is 3.30. The molecule has 0 unspecified atom stereocenters. The van der Waals surface area contributed by atoms with Crippen molar-refractivity contribution in [3.05, 3.63) is 59.9 Å². The first-order valence-electron chi connectivity index (χ1n) is 11.1. The van der Waals surface area contributed by atoms with E-state index in [0.29, 0.717) is 36.2 Å². The zero-order valence-electron chi connectivity index (χ0n) is 19.1. The number of ether oxygens (including phenoxy) is 2. The van der Waals surface area contributed by atoms with Gasteiger partial charge in [-0.05, 0) is 41.1 Å². The van der Waals surface area contributed by atoms with Gasteiger partial charge in [0.2, 0.25) is 10.0 Å². The Morgan fingerprint density at radius 3 is 2.37 bits per heavy atom. The van der Waals surface area contributed by atoms with E-state index in [4.69, 9.17) is 9.47 Å². The number of fused-ring (bicyclic) bond motifs is 1. The molecule has 182 valence electrons. The molecule has 1 amide bonds. The molecule has 0 aliphatic carbocycles. The Labute approximate surface area is 202 Å². The van der Waals surface area contributed by atoms with Gasteiger partial charge < -0.3 is 14.4 Å². The average molecular weight is 497 g/mol. The number of carbonyl (C=O) groups excluding carboxylic acids is 1. The molecule has 0 saturated carbocycles. The highest BCUT2D eigenvalue weighted by Crippen LogP contribution is 2.33. The minimum absolute atomic E-state index is 0.135. The first-order valence-corrected chi connectivity index (χ1v) is 12.6. The van der Waals surface area contributed by atoms with Crippen molar-refractivity contribution in [1.29, 1.82) is 0 Å². The van der Waals surface area contributed by atoms with Gasteiger partial charge in [0.1, 0.15) is 18.9 Å². The number of nitrogens with zero attached hydrogens (tertiary/aromatic N) is 6. The number of sulfonamides is 1. The summed E-state index contributed by atoms with van der Waals surface area (Å²) in [5.41, 5.74) is 1.12. The van der Waals surface area contributed by atoms with E-state index >= 15 is 0 Å². The van der Waals surface area contributed by atoms with Crippen molar-refractivity contribution in [3.8, 4) is 11.5 Å². The van der Waals surface area contributed by atoms with Gasteiger partial charge in [0.25, 0.3) is 5.91 Å². The lowest BCUT2D eigenvalue weighted by Gasteiger charge is -2.34. The minimum atomic E-state index is -3.76. The van der Waals surface area contributed by atoms with Gasteiger partial charge in [0.15, 0.2) is 17.3 Å². The number of amides is 1. The van der Waals surface area contributed by atoms with Crippen molar-refractivity contribution >= 4 is 27.7 Å². The van der Waals surface area contributed by atoms with Crippen LogP contribution < -0.4 is 9.47 Å². The quantitative estimate of drug-likeness (QED) is 0.485. The van der Waals surface area contributed by atoms with E-state index < -0.39 is 10.0 Å². The number of hydrogen-bond donors (Lipinski definition) is 0. The first-order chi connectivity index (χ1) is 16.9. The van der Waals surface area contributed by atoms with Crippen molar-refractivity contribution in [3.63, 3.8) is 0 Å². The van der Waals surface area contributed by atoms with Crippen LogP contribution in [0.25, 0.3) is 11.8 Å². The lowest BCUT2D eigenvalue weighted by Crippen LogP contribution is -2.51. The number of piperazine rings is 1. The van der Waals surface area contributed by atoms with E-state index in [1.807, 2.05) is 30.3 Å². The Balaban J connectivity index is 1.34. The third-order valence-electron chi connectivity index (χ3n) is 5.85. The molecule has 0 N–H and O–H groups in total. The highest BCUT2D eigenvalue weighted by molar-refractivity contribution is 7.89.